The summed E-state index contributed by atoms with van der Waals surface area (Å²) < 4.78 is 0. The Bertz CT molecular complexity index is 904. The lowest BCUT2D eigenvalue weighted by Gasteiger charge is -2.10. The van der Waals surface area contributed by atoms with E-state index in [0.29, 0.717) is 6.54 Å². The van der Waals surface area contributed by atoms with E-state index in [0.717, 1.165) is 48.4 Å². The van der Waals surface area contributed by atoms with Gasteiger partial charge in [0.05, 0.1) is 0 Å². The molecule has 0 radical (unpaired) electrons. The van der Waals surface area contributed by atoms with Crippen LogP contribution >= 0.6 is 0 Å². The lowest BCUT2D eigenvalue weighted by Crippen LogP contribution is -2.23. The van der Waals surface area contributed by atoms with Crippen LogP contribution in [0, 0.1) is 0 Å². The van der Waals surface area contributed by atoms with Crippen LogP contribution in [0.5, 0.6) is 0 Å². The fourth-order valence-corrected chi connectivity index (χ4v) is 3.27. The second kappa shape index (κ2) is 7.49. The molecule has 0 fully saturated rings. The van der Waals surface area contributed by atoms with Gasteiger partial charge in [-0.25, -0.2) is 4.98 Å². The Kier molecular flexibility index (Phi) is 4.75. The third-order valence-corrected chi connectivity index (χ3v) is 4.68. The average molecular weight is 347 g/mol. The van der Waals surface area contributed by atoms with E-state index < -0.39 is 0 Å². The number of carbonyl (C=O) groups excluding carboxylic acids is 1. The molecule has 1 aromatic heterocycles. The zero-order chi connectivity index (χ0) is 17.8. The van der Waals surface area contributed by atoms with E-state index >= 15 is 0 Å². The second-order valence-corrected chi connectivity index (χ2v) is 6.45. The summed E-state index contributed by atoms with van der Waals surface area (Å²) in [6.45, 7) is 2.44. The SMILES string of the molecule is O=C(NCc1cccc(-c2ncn[nH]2)c1)c1ccc2c(c1)CCNCC2. The molecule has 0 atom stereocenters. The number of aromatic amines is 1. The first-order chi connectivity index (χ1) is 12.8. The van der Waals surface area contributed by atoms with Crippen LogP contribution in [0.3, 0.4) is 0 Å². The Labute approximate surface area is 152 Å². The molecule has 0 saturated heterocycles. The van der Waals surface area contributed by atoms with Gasteiger partial charge in [0.15, 0.2) is 5.82 Å². The minimum absolute atomic E-state index is 0.0462. The number of nitrogens with zero attached hydrogens (tertiary/aromatic N) is 2. The summed E-state index contributed by atoms with van der Waals surface area (Å²) in [6.07, 6.45) is 3.47. The molecule has 3 aromatic rings. The van der Waals surface area contributed by atoms with E-state index in [9.17, 15) is 4.79 Å². The second-order valence-electron chi connectivity index (χ2n) is 6.45. The minimum atomic E-state index is -0.0462. The highest BCUT2D eigenvalue weighted by Gasteiger charge is 2.12. The van der Waals surface area contributed by atoms with E-state index in [-0.39, 0.29) is 5.91 Å². The number of H-pyrrole nitrogens is 1. The summed E-state index contributed by atoms with van der Waals surface area (Å²) in [5, 5.41) is 13.1. The van der Waals surface area contributed by atoms with Crippen LogP contribution in [0.1, 0.15) is 27.0 Å². The van der Waals surface area contributed by atoms with Crippen LogP contribution in [0.2, 0.25) is 0 Å². The molecule has 6 nitrogen and oxygen atoms in total. The molecule has 2 heterocycles. The number of benzene rings is 2. The van der Waals surface area contributed by atoms with Crippen molar-refractivity contribution in [2.75, 3.05) is 13.1 Å². The largest absolute Gasteiger partial charge is 0.348 e. The molecule has 4 rings (SSSR count). The Morgan fingerprint density at radius 1 is 1.08 bits per heavy atom. The number of carbonyl (C=O) groups is 1. The predicted molar refractivity (Wildman–Crippen MR) is 99.7 cm³/mol. The number of nitrogens with one attached hydrogen (secondary N) is 3. The third-order valence-electron chi connectivity index (χ3n) is 4.68. The quantitative estimate of drug-likeness (QED) is 0.675. The number of fused-ring (bicyclic) bond motifs is 1. The minimum Gasteiger partial charge on any atom is -0.348 e. The Morgan fingerprint density at radius 2 is 1.96 bits per heavy atom. The Balaban J connectivity index is 1.44. The first kappa shape index (κ1) is 16.5. The predicted octanol–water partition coefficient (Wildman–Crippen LogP) is 2.09. The standard InChI is InChI=1S/C20H21N5O/c26-20(18-5-4-15-6-8-21-9-7-16(15)11-18)22-12-14-2-1-3-17(10-14)19-23-13-24-25-19/h1-5,10-11,13,21H,6-9,12H2,(H,22,26)(H,23,24,25). The van der Waals surface area contributed by atoms with Gasteiger partial charge in [-0.05, 0) is 60.8 Å². The molecular weight excluding hydrogens is 326 g/mol. The lowest BCUT2D eigenvalue weighted by molar-refractivity contribution is 0.0951. The van der Waals surface area contributed by atoms with Gasteiger partial charge in [-0.2, -0.15) is 5.10 Å². The van der Waals surface area contributed by atoms with Crippen molar-refractivity contribution in [3.05, 3.63) is 71.0 Å². The van der Waals surface area contributed by atoms with Crippen LogP contribution in [-0.4, -0.2) is 34.2 Å². The highest BCUT2D eigenvalue weighted by Crippen LogP contribution is 2.17. The zero-order valence-corrected chi connectivity index (χ0v) is 14.5. The summed E-state index contributed by atoms with van der Waals surface area (Å²) in [4.78, 5) is 16.7. The normalized spacial score (nSPS) is 13.7. The van der Waals surface area contributed by atoms with Gasteiger partial charge >= 0.3 is 0 Å². The maximum absolute atomic E-state index is 12.5. The van der Waals surface area contributed by atoms with Crippen LogP contribution in [-0.2, 0) is 19.4 Å². The van der Waals surface area contributed by atoms with E-state index in [2.05, 4.69) is 31.9 Å². The Hall–Kier alpha value is -2.99. The van der Waals surface area contributed by atoms with Gasteiger partial charge in [0, 0.05) is 17.7 Å². The zero-order valence-electron chi connectivity index (χ0n) is 14.5. The summed E-state index contributed by atoms with van der Waals surface area (Å²) in [6, 6.07) is 13.9. The molecule has 0 unspecified atom stereocenters. The van der Waals surface area contributed by atoms with Gasteiger partial charge in [0.1, 0.15) is 6.33 Å². The van der Waals surface area contributed by atoms with Crippen molar-refractivity contribution in [3.63, 3.8) is 0 Å². The van der Waals surface area contributed by atoms with Crippen molar-refractivity contribution >= 4 is 5.91 Å². The fraction of sp³-hybridized carbons (Fsp3) is 0.250. The van der Waals surface area contributed by atoms with Gasteiger partial charge in [-0.3, -0.25) is 9.89 Å². The van der Waals surface area contributed by atoms with E-state index in [1.54, 1.807) is 0 Å². The van der Waals surface area contributed by atoms with Crippen LogP contribution < -0.4 is 10.6 Å². The average Bonchev–Trinajstić information content (AvgIpc) is 3.12. The molecule has 2 aromatic carbocycles. The first-order valence-corrected chi connectivity index (χ1v) is 8.85. The number of amides is 1. The van der Waals surface area contributed by atoms with Crippen molar-refractivity contribution in [1.29, 1.82) is 0 Å². The monoisotopic (exact) mass is 347 g/mol. The maximum atomic E-state index is 12.5. The summed E-state index contributed by atoms with van der Waals surface area (Å²) in [5.74, 6) is 0.674. The van der Waals surface area contributed by atoms with Crippen LogP contribution in [0.25, 0.3) is 11.4 Å². The number of rotatable bonds is 4. The van der Waals surface area contributed by atoms with Crippen molar-refractivity contribution < 1.29 is 4.79 Å². The van der Waals surface area contributed by atoms with Gasteiger partial charge < -0.3 is 10.6 Å². The van der Waals surface area contributed by atoms with Gasteiger partial charge in [0.25, 0.3) is 5.91 Å². The molecule has 0 saturated carbocycles. The molecule has 6 heteroatoms. The maximum Gasteiger partial charge on any atom is 0.251 e. The smallest absolute Gasteiger partial charge is 0.251 e. The highest BCUT2D eigenvalue weighted by molar-refractivity contribution is 5.94. The highest BCUT2D eigenvalue weighted by atomic mass is 16.1. The summed E-state index contributed by atoms with van der Waals surface area (Å²) in [5.41, 5.74) is 5.30. The molecule has 26 heavy (non-hydrogen) atoms. The van der Waals surface area contributed by atoms with Gasteiger partial charge in [0.2, 0.25) is 0 Å². The molecule has 3 N–H and O–H groups in total. The third kappa shape index (κ3) is 3.65. The topological polar surface area (TPSA) is 82.7 Å². The molecule has 1 amide bonds. The molecule has 0 spiro atoms. The van der Waals surface area contributed by atoms with Gasteiger partial charge in [-0.15, -0.1) is 0 Å². The number of hydrogen-bond acceptors (Lipinski definition) is 4. The molecule has 1 aliphatic heterocycles. The Morgan fingerprint density at radius 3 is 2.81 bits per heavy atom. The first-order valence-electron chi connectivity index (χ1n) is 8.85. The number of aromatic nitrogens is 3. The van der Waals surface area contributed by atoms with Crippen LogP contribution in [0.15, 0.2) is 48.8 Å². The van der Waals surface area contributed by atoms with Crippen molar-refractivity contribution in [2.45, 2.75) is 19.4 Å². The van der Waals surface area contributed by atoms with E-state index in [1.807, 2.05) is 36.4 Å². The molecule has 132 valence electrons. The van der Waals surface area contributed by atoms with E-state index in [1.165, 1.54) is 17.5 Å². The molecular formula is C20H21N5O. The van der Waals surface area contributed by atoms with Crippen molar-refractivity contribution in [3.8, 4) is 11.4 Å². The van der Waals surface area contributed by atoms with Crippen molar-refractivity contribution in [2.24, 2.45) is 0 Å². The summed E-state index contributed by atoms with van der Waals surface area (Å²) >= 11 is 0. The van der Waals surface area contributed by atoms with Crippen molar-refractivity contribution in [1.82, 2.24) is 25.8 Å². The molecule has 0 bridgehead atoms. The molecule has 1 aliphatic rings. The fourth-order valence-electron chi connectivity index (χ4n) is 3.27. The van der Waals surface area contributed by atoms with Gasteiger partial charge in [-0.1, -0.05) is 24.3 Å². The van der Waals surface area contributed by atoms with E-state index in [4.69, 9.17) is 0 Å². The van der Waals surface area contributed by atoms with Crippen LogP contribution in [0.4, 0.5) is 0 Å². The molecule has 0 aliphatic carbocycles. The number of hydrogen-bond donors (Lipinski definition) is 3. The summed E-state index contributed by atoms with van der Waals surface area (Å²) in [7, 11) is 0. The lowest BCUT2D eigenvalue weighted by atomic mass is 10.00.